The van der Waals surface area contributed by atoms with Crippen LogP contribution in [-0.4, -0.2) is 12.6 Å². The molecule has 1 aromatic rings. The van der Waals surface area contributed by atoms with Gasteiger partial charge in [0, 0.05) is 12.0 Å². The van der Waals surface area contributed by atoms with E-state index < -0.39 is 0 Å². The molecule has 3 atom stereocenters. The fourth-order valence-electron chi connectivity index (χ4n) is 6.92. The van der Waals surface area contributed by atoms with Crippen LogP contribution in [0.25, 0.3) is 0 Å². The summed E-state index contributed by atoms with van der Waals surface area (Å²) in [4.78, 5) is 0. The maximum absolute atomic E-state index is 3.83. The molecule has 2 aliphatic rings. The van der Waals surface area contributed by atoms with Crippen LogP contribution in [0.15, 0.2) is 48.1 Å². The molecule has 0 radical (unpaired) electrons. The molecular formula is C31H49N. The smallest absolute Gasteiger partial charge is 0.0240 e. The molecule has 32 heavy (non-hydrogen) atoms. The second-order valence-electron chi connectivity index (χ2n) is 10.5. The van der Waals surface area contributed by atoms with E-state index in [1.807, 2.05) is 0 Å². The third-order valence-corrected chi connectivity index (χ3v) is 9.80. The molecule has 1 nitrogen and oxygen atoms in total. The van der Waals surface area contributed by atoms with Gasteiger partial charge in [0.25, 0.3) is 0 Å². The minimum absolute atomic E-state index is 0.334. The highest BCUT2D eigenvalue weighted by molar-refractivity contribution is 5.41. The molecule has 1 aromatic carbocycles. The summed E-state index contributed by atoms with van der Waals surface area (Å²) in [5, 5.41) is 3.83. The Kier molecular flexibility index (Phi) is 8.84. The third-order valence-electron chi connectivity index (χ3n) is 9.80. The van der Waals surface area contributed by atoms with Gasteiger partial charge in [-0.2, -0.15) is 0 Å². The fraction of sp³-hybridized carbons (Fsp3) is 0.677. The highest BCUT2D eigenvalue weighted by atomic mass is 14.9. The lowest BCUT2D eigenvalue weighted by Crippen LogP contribution is -2.32. The summed E-state index contributed by atoms with van der Waals surface area (Å²) in [7, 11) is 0. The zero-order valence-corrected chi connectivity index (χ0v) is 21.8. The summed E-state index contributed by atoms with van der Waals surface area (Å²) < 4.78 is 0. The van der Waals surface area contributed by atoms with Crippen molar-refractivity contribution in [2.45, 2.75) is 117 Å². The molecule has 1 N–H and O–H groups in total. The van der Waals surface area contributed by atoms with Crippen LogP contribution in [0.4, 0.5) is 0 Å². The molecule has 0 aromatic heterocycles. The molecule has 1 fully saturated rings. The molecule has 1 heteroatoms. The standard InChI is InChI=1S/C31H49N/c1-7-30(8-2,9-3)26-19-15-24(16-20-26)29(28-14-13-23-32-28)25-17-21-27(22-18-25)31(10-4,11-5)12-6/h15-21,27-29,32H,7-14,22-23H2,1-6H3/t27?,28?,29-/m1/s1. The van der Waals surface area contributed by atoms with Crippen LogP contribution in [0.5, 0.6) is 0 Å². The Balaban J connectivity index is 1.88. The van der Waals surface area contributed by atoms with Crippen LogP contribution in [0, 0.1) is 11.3 Å². The first-order valence-corrected chi connectivity index (χ1v) is 13.7. The molecule has 0 bridgehead atoms. The Bertz CT molecular complexity index is 738. The van der Waals surface area contributed by atoms with Crippen molar-refractivity contribution in [3.8, 4) is 0 Å². The third kappa shape index (κ3) is 4.79. The fourth-order valence-corrected chi connectivity index (χ4v) is 6.92. The molecule has 1 aliphatic heterocycles. The first-order valence-electron chi connectivity index (χ1n) is 13.7. The monoisotopic (exact) mass is 435 g/mol. The van der Waals surface area contributed by atoms with Crippen molar-refractivity contribution in [2.75, 3.05) is 6.54 Å². The van der Waals surface area contributed by atoms with E-state index in [0.717, 1.165) is 6.54 Å². The summed E-state index contributed by atoms with van der Waals surface area (Å²) in [6.45, 7) is 15.4. The highest BCUT2D eigenvalue weighted by Crippen LogP contribution is 2.45. The summed E-state index contributed by atoms with van der Waals surface area (Å²) in [6, 6.07) is 10.4. The predicted octanol–water partition coefficient (Wildman–Crippen LogP) is 8.71. The largest absolute Gasteiger partial charge is 0.313 e. The van der Waals surface area contributed by atoms with Gasteiger partial charge in [-0.05, 0) is 97.8 Å². The zero-order chi connectivity index (χ0) is 23.2. The summed E-state index contributed by atoms with van der Waals surface area (Å²) in [6.07, 6.45) is 18.9. The molecule has 2 unspecified atom stereocenters. The summed E-state index contributed by atoms with van der Waals surface area (Å²) >= 11 is 0. The van der Waals surface area contributed by atoms with Crippen molar-refractivity contribution in [2.24, 2.45) is 11.3 Å². The van der Waals surface area contributed by atoms with Gasteiger partial charge >= 0.3 is 0 Å². The molecule has 178 valence electrons. The Morgan fingerprint density at radius 1 is 0.875 bits per heavy atom. The Labute approximate surface area is 199 Å². The number of hydrogen-bond donors (Lipinski definition) is 1. The van der Waals surface area contributed by atoms with Crippen molar-refractivity contribution in [1.29, 1.82) is 0 Å². The maximum atomic E-state index is 3.83. The van der Waals surface area contributed by atoms with E-state index in [-0.39, 0.29) is 0 Å². The average Bonchev–Trinajstić information content (AvgIpc) is 3.38. The van der Waals surface area contributed by atoms with Crippen LogP contribution in [0.2, 0.25) is 0 Å². The van der Waals surface area contributed by atoms with E-state index >= 15 is 0 Å². The van der Waals surface area contributed by atoms with Crippen LogP contribution < -0.4 is 5.32 Å². The van der Waals surface area contributed by atoms with Gasteiger partial charge in [0.1, 0.15) is 0 Å². The summed E-state index contributed by atoms with van der Waals surface area (Å²) in [5.41, 5.74) is 5.36. The Morgan fingerprint density at radius 3 is 1.94 bits per heavy atom. The van der Waals surface area contributed by atoms with E-state index in [1.165, 1.54) is 68.9 Å². The van der Waals surface area contributed by atoms with Crippen molar-refractivity contribution >= 4 is 0 Å². The molecule has 1 heterocycles. The first-order chi connectivity index (χ1) is 15.5. The molecule has 1 saturated heterocycles. The predicted molar refractivity (Wildman–Crippen MR) is 141 cm³/mol. The van der Waals surface area contributed by atoms with Crippen molar-refractivity contribution in [1.82, 2.24) is 5.32 Å². The molecule has 1 aliphatic carbocycles. The molecule has 0 amide bonds. The van der Waals surface area contributed by atoms with Gasteiger partial charge in [-0.15, -0.1) is 0 Å². The molecule has 0 spiro atoms. The lowest BCUT2D eigenvalue weighted by atomic mass is 9.66. The highest BCUT2D eigenvalue weighted by Gasteiger charge is 2.35. The van der Waals surface area contributed by atoms with E-state index in [1.54, 1.807) is 5.57 Å². The van der Waals surface area contributed by atoms with Gasteiger partial charge in [-0.3, -0.25) is 0 Å². The van der Waals surface area contributed by atoms with Crippen LogP contribution in [0.1, 0.15) is 116 Å². The minimum atomic E-state index is 0.334. The van der Waals surface area contributed by atoms with Crippen molar-refractivity contribution in [3.63, 3.8) is 0 Å². The van der Waals surface area contributed by atoms with Crippen LogP contribution in [0.3, 0.4) is 0 Å². The van der Waals surface area contributed by atoms with Crippen LogP contribution >= 0.6 is 0 Å². The Hall–Kier alpha value is -1.34. The molecule has 3 rings (SSSR count). The minimum Gasteiger partial charge on any atom is -0.313 e. The number of hydrogen-bond acceptors (Lipinski definition) is 1. The number of benzene rings is 1. The normalized spacial score (nSPS) is 22.8. The number of nitrogens with one attached hydrogen (secondary N) is 1. The quantitative estimate of drug-likeness (QED) is 0.366. The van der Waals surface area contributed by atoms with E-state index in [2.05, 4.69) is 89.4 Å². The Morgan fingerprint density at radius 2 is 1.50 bits per heavy atom. The van der Waals surface area contributed by atoms with Crippen molar-refractivity contribution in [3.05, 3.63) is 59.2 Å². The number of rotatable bonds is 11. The lowest BCUT2D eigenvalue weighted by Gasteiger charge is -2.39. The van der Waals surface area contributed by atoms with Gasteiger partial charge in [0.05, 0.1) is 0 Å². The topological polar surface area (TPSA) is 12.0 Å². The van der Waals surface area contributed by atoms with E-state index in [0.29, 0.717) is 28.7 Å². The molecular weight excluding hydrogens is 386 g/mol. The summed E-state index contributed by atoms with van der Waals surface area (Å²) in [5.74, 6) is 1.16. The van der Waals surface area contributed by atoms with Crippen molar-refractivity contribution < 1.29 is 0 Å². The number of allylic oxidation sites excluding steroid dienone is 3. The SMILES string of the molecule is CCC(CC)(CC)c1ccc([C@H](C2=CCC(C(CC)(CC)CC)C=C2)C2CCCN2)cc1. The second kappa shape index (κ2) is 11.2. The van der Waals surface area contributed by atoms with Gasteiger partial charge in [0.15, 0.2) is 0 Å². The second-order valence-corrected chi connectivity index (χ2v) is 10.5. The van der Waals surface area contributed by atoms with Gasteiger partial charge in [-0.25, -0.2) is 0 Å². The van der Waals surface area contributed by atoms with Gasteiger partial charge in [0.2, 0.25) is 0 Å². The van der Waals surface area contributed by atoms with E-state index in [9.17, 15) is 0 Å². The lowest BCUT2D eigenvalue weighted by molar-refractivity contribution is 0.170. The maximum Gasteiger partial charge on any atom is 0.0240 e. The van der Waals surface area contributed by atoms with Gasteiger partial charge in [-0.1, -0.05) is 84.0 Å². The zero-order valence-electron chi connectivity index (χ0n) is 21.8. The average molecular weight is 436 g/mol. The van der Waals surface area contributed by atoms with Crippen LogP contribution in [-0.2, 0) is 5.41 Å². The van der Waals surface area contributed by atoms with E-state index in [4.69, 9.17) is 0 Å². The molecule has 0 saturated carbocycles. The van der Waals surface area contributed by atoms with Gasteiger partial charge < -0.3 is 5.32 Å². The first kappa shape index (κ1) is 25.3.